The Hall–Kier alpha value is -2.97. The van der Waals surface area contributed by atoms with Gasteiger partial charge in [0.25, 0.3) is 0 Å². The van der Waals surface area contributed by atoms with Crippen LogP contribution in [0.25, 0.3) is 0 Å². The Morgan fingerprint density at radius 2 is 1.14 bits per heavy atom. The highest BCUT2D eigenvalue weighted by atomic mass is 16.6. The molecule has 0 saturated carbocycles. The van der Waals surface area contributed by atoms with Gasteiger partial charge in [-0.25, -0.2) is 0 Å². The number of hydrogen-bond donors (Lipinski definition) is 0. The minimum atomic E-state index is -1.14. The molecule has 0 aromatic carbocycles. The number of quaternary nitrogens is 1. The molecule has 50 heavy (non-hydrogen) atoms. The summed E-state index contributed by atoms with van der Waals surface area (Å²) in [7, 11) is 5.36. The number of likely N-dealkylation sites (N-methyl/N-ethyl adjacent to an activating group) is 1. The van der Waals surface area contributed by atoms with Crippen LogP contribution in [-0.2, 0) is 28.6 Å². The van der Waals surface area contributed by atoms with Gasteiger partial charge in [0.05, 0.1) is 40.3 Å². The summed E-state index contributed by atoms with van der Waals surface area (Å²) in [5, 5.41) is 11.6. The average Bonchev–Trinajstić information content (AvgIpc) is 3.06. The van der Waals surface area contributed by atoms with Gasteiger partial charge >= 0.3 is 11.9 Å². The Kier molecular flexibility index (Phi) is 31.2. The largest absolute Gasteiger partial charge is 0.544 e. The summed E-state index contributed by atoms with van der Waals surface area (Å²) in [5.41, 5.74) is 0. The smallest absolute Gasteiger partial charge is 0.306 e. The van der Waals surface area contributed by atoms with Crippen molar-refractivity contribution in [3.8, 4) is 0 Å². The number of carbonyl (C=O) groups excluding carboxylic acids is 3. The van der Waals surface area contributed by atoms with Crippen molar-refractivity contribution in [2.75, 3.05) is 41.0 Å². The summed E-state index contributed by atoms with van der Waals surface area (Å²) < 4.78 is 17.0. The van der Waals surface area contributed by atoms with Crippen LogP contribution in [0.1, 0.15) is 136 Å². The second kappa shape index (κ2) is 33.2. The van der Waals surface area contributed by atoms with Gasteiger partial charge in [0, 0.05) is 19.3 Å². The van der Waals surface area contributed by atoms with Gasteiger partial charge in [-0.3, -0.25) is 9.59 Å². The normalized spacial score (nSPS) is 13.7. The van der Waals surface area contributed by atoms with Crippen LogP contribution in [0, 0.1) is 0 Å². The number of ether oxygens (including phenoxy) is 3. The van der Waals surface area contributed by atoms with Crippen LogP contribution in [0.4, 0.5) is 0 Å². The topological polar surface area (TPSA) is 102 Å². The van der Waals surface area contributed by atoms with Gasteiger partial charge in [-0.1, -0.05) is 107 Å². The van der Waals surface area contributed by atoms with E-state index in [0.717, 1.165) is 44.9 Å². The van der Waals surface area contributed by atoms with E-state index < -0.39 is 18.1 Å². The standard InChI is InChI=1S/C42H71NO7/c1-6-8-10-12-14-16-17-18-19-20-21-22-23-25-27-29-31-33-41(45)50-38(36-48-35-34-39(42(46)47)43(3,4)5)37-49-40(44)32-30-28-26-24-15-13-11-9-7-2/h9,11,15,18-19,21-22,24-25,27,38-39H,6-8,10,12-14,16-17,20,23,26,28-37H2,1-5H3/b11-9+,19-18+,22-21+,24-15+,27-25+. The number of carboxylic acids is 1. The molecule has 0 aromatic rings. The predicted molar refractivity (Wildman–Crippen MR) is 203 cm³/mol. The molecule has 0 radical (unpaired) electrons. The number of esters is 2. The van der Waals surface area contributed by atoms with E-state index >= 15 is 0 Å². The van der Waals surface area contributed by atoms with Crippen LogP contribution < -0.4 is 5.11 Å². The number of rotatable bonds is 33. The molecule has 0 fully saturated rings. The summed E-state index contributed by atoms with van der Waals surface area (Å²) in [6, 6.07) is -0.739. The van der Waals surface area contributed by atoms with Crippen molar-refractivity contribution in [2.45, 2.75) is 148 Å². The monoisotopic (exact) mass is 702 g/mol. The van der Waals surface area contributed by atoms with E-state index in [1.165, 1.54) is 44.9 Å². The fourth-order valence-corrected chi connectivity index (χ4v) is 5.12. The maximum atomic E-state index is 12.6. The van der Waals surface area contributed by atoms with E-state index in [4.69, 9.17) is 14.2 Å². The zero-order chi connectivity index (χ0) is 37.1. The number of carboxylic acid groups (broad SMARTS) is 1. The highest BCUT2D eigenvalue weighted by Crippen LogP contribution is 2.10. The first-order chi connectivity index (χ1) is 24.1. The van der Waals surface area contributed by atoms with Gasteiger partial charge in [0.15, 0.2) is 6.10 Å². The Bertz CT molecular complexity index is 1010. The molecule has 286 valence electrons. The van der Waals surface area contributed by atoms with Crippen molar-refractivity contribution >= 4 is 17.9 Å². The molecule has 0 saturated heterocycles. The van der Waals surface area contributed by atoms with Crippen LogP contribution in [-0.4, -0.2) is 75.5 Å². The van der Waals surface area contributed by atoms with Crippen LogP contribution in [0.2, 0.25) is 0 Å². The van der Waals surface area contributed by atoms with Gasteiger partial charge in [0.1, 0.15) is 12.6 Å². The molecule has 2 unspecified atom stereocenters. The number of allylic oxidation sites excluding steroid dienone is 10. The van der Waals surface area contributed by atoms with Crippen molar-refractivity contribution in [1.29, 1.82) is 0 Å². The first kappa shape index (κ1) is 47.0. The second-order valence-corrected chi connectivity index (χ2v) is 13.8. The third kappa shape index (κ3) is 31.0. The maximum absolute atomic E-state index is 12.6. The summed E-state index contributed by atoms with van der Waals surface area (Å²) in [6.45, 7) is 4.41. The van der Waals surface area contributed by atoms with Crippen molar-refractivity contribution in [3.05, 3.63) is 60.8 Å². The van der Waals surface area contributed by atoms with Crippen molar-refractivity contribution in [1.82, 2.24) is 0 Å². The van der Waals surface area contributed by atoms with E-state index in [-0.39, 0.29) is 49.1 Å². The zero-order valence-electron chi connectivity index (χ0n) is 32.3. The molecular formula is C42H71NO7. The van der Waals surface area contributed by atoms with Crippen LogP contribution >= 0.6 is 0 Å². The maximum Gasteiger partial charge on any atom is 0.306 e. The van der Waals surface area contributed by atoms with Gasteiger partial charge in [0.2, 0.25) is 0 Å². The lowest BCUT2D eigenvalue weighted by molar-refractivity contribution is -0.889. The molecule has 0 spiro atoms. The molecule has 0 bridgehead atoms. The van der Waals surface area contributed by atoms with Crippen molar-refractivity contribution in [3.63, 3.8) is 0 Å². The highest BCUT2D eigenvalue weighted by Gasteiger charge is 2.25. The number of aliphatic carboxylic acids is 1. The van der Waals surface area contributed by atoms with Gasteiger partial charge < -0.3 is 28.6 Å². The van der Waals surface area contributed by atoms with E-state index in [0.29, 0.717) is 19.3 Å². The molecule has 0 aliphatic heterocycles. The molecule has 8 heteroatoms. The van der Waals surface area contributed by atoms with Crippen LogP contribution in [0.5, 0.6) is 0 Å². The fourth-order valence-electron chi connectivity index (χ4n) is 5.12. The number of nitrogens with zero attached hydrogens (tertiary/aromatic N) is 1. The lowest BCUT2D eigenvalue weighted by Crippen LogP contribution is -2.55. The molecule has 0 heterocycles. The first-order valence-electron chi connectivity index (χ1n) is 19.3. The van der Waals surface area contributed by atoms with Gasteiger partial charge in [-0.05, 0) is 70.6 Å². The predicted octanol–water partition coefficient (Wildman–Crippen LogP) is 8.52. The molecule has 8 nitrogen and oxygen atoms in total. The summed E-state index contributed by atoms with van der Waals surface area (Å²) >= 11 is 0. The first-order valence-corrected chi connectivity index (χ1v) is 19.3. The van der Waals surface area contributed by atoms with Gasteiger partial charge in [-0.15, -0.1) is 0 Å². The van der Waals surface area contributed by atoms with Gasteiger partial charge in [-0.2, -0.15) is 0 Å². The fraction of sp³-hybridized carbons (Fsp3) is 0.690. The summed E-state index contributed by atoms with van der Waals surface area (Å²) in [5.74, 6) is -1.86. The summed E-state index contributed by atoms with van der Waals surface area (Å²) in [4.78, 5) is 36.6. The molecule has 2 atom stereocenters. The highest BCUT2D eigenvalue weighted by molar-refractivity contribution is 5.70. The van der Waals surface area contributed by atoms with E-state index in [9.17, 15) is 19.5 Å². The van der Waals surface area contributed by atoms with E-state index in [2.05, 4.69) is 74.6 Å². The third-order valence-corrected chi connectivity index (χ3v) is 8.14. The lowest BCUT2D eigenvalue weighted by atomic mass is 10.1. The molecule has 0 aliphatic carbocycles. The van der Waals surface area contributed by atoms with Crippen molar-refractivity contribution < 1.29 is 38.2 Å². The number of hydrogen-bond acceptors (Lipinski definition) is 7. The quantitative estimate of drug-likeness (QED) is 0.0293. The Labute approximate surface area is 305 Å². The molecule has 0 N–H and O–H groups in total. The summed E-state index contributed by atoms with van der Waals surface area (Å²) in [6.07, 6.45) is 38.4. The minimum Gasteiger partial charge on any atom is -0.544 e. The SMILES string of the molecule is CC/C=C/C/C=C/CCCCC(=O)OCC(COCCC(C(=O)[O-])[N+](C)(C)C)OC(=O)CCC/C=C/C/C=C/C/C=C/CCCCCCCC. The van der Waals surface area contributed by atoms with Crippen LogP contribution in [0.3, 0.4) is 0 Å². The number of carbonyl (C=O) groups is 3. The molecule has 0 amide bonds. The van der Waals surface area contributed by atoms with Crippen LogP contribution in [0.15, 0.2) is 60.8 Å². The molecule has 0 aliphatic rings. The van der Waals surface area contributed by atoms with Crippen molar-refractivity contribution in [2.24, 2.45) is 0 Å². The minimum absolute atomic E-state index is 0.00762. The molecular weight excluding hydrogens is 630 g/mol. The Balaban J connectivity index is 4.52. The Morgan fingerprint density at radius 1 is 0.620 bits per heavy atom. The van der Waals surface area contributed by atoms with E-state index in [1.54, 1.807) is 21.1 Å². The number of unbranched alkanes of at least 4 members (excludes halogenated alkanes) is 9. The lowest BCUT2D eigenvalue weighted by Gasteiger charge is -2.34. The third-order valence-electron chi connectivity index (χ3n) is 8.14. The second-order valence-electron chi connectivity index (χ2n) is 13.8. The van der Waals surface area contributed by atoms with E-state index in [1.807, 2.05) is 0 Å². The Morgan fingerprint density at radius 3 is 1.72 bits per heavy atom. The molecule has 0 aromatic heterocycles. The average molecular weight is 702 g/mol. The molecule has 0 rings (SSSR count). The zero-order valence-corrected chi connectivity index (χ0v) is 32.3.